The smallest absolute Gasteiger partial charge is 0.153 e. The van der Waals surface area contributed by atoms with Crippen LogP contribution >= 0.6 is 0 Å². The molecule has 0 atom stereocenters. The van der Waals surface area contributed by atoms with Gasteiger partial charge in [-0.25, -0.2) is 19.9 Å². The molecule has 2 aromatic heterocycles. The number of nitrogen functional groups attached to an aromatic ring is 1. The average Bonchev–Trinajstić information content (AvgIpc) is 2.17. The van der Waals surface area contributed by atoms with Crippen LogP contribution in [0.4, 0.5) is 5.82 Å². The van der Waals surface area contributed by atoms with Gasteiger partial charge in [-0.15, -0.1) is 0 Å². The van der Waals surface area contributed by atoms with Gasteiger partial charge in [-0.1, -0.05) is 20.8 Å². The third kappa shape index (κ3) is 2.05. The van der Waals surface area contributed by atoms with E-state index in [0.29, 0.717) is 17.2 Å². The van der Waals surface area contributed by atoms with E-state index in [0.717, 1.165) is 17.0 Å². The van der Waals surface area contributed by atoms with E-state index in [1.807, 2.05) is 13.8 Å². The molecule has 17 heavy (non-hydrogen) atoms. The first kappa shape index (κ1) is 11.7. The molecule has 0 aromatic carbocycles. The van der Waals surface area contributed by atoms with E-state index in [1.165, 1.54) is 0 Å². The SMILES string of the molecule is Cc1nc(N)c2nc(C(C)(C)C)nc(C)c2n1. The quantitative estimate of drug-likeness (QED) is 0.749. The van der Waals surface area contributed by atoms with Crippen LogP contribution in [0.5, 0.6) is 0 Å². The van der Waals surface area contributed by atoms with Crippen LogP contribution in [0.2, 0.25) is 0 Å². The van der Waals surface area contributed by atoms with Crippen LogP contribution in [0.1, 0.15) is 38.1 Å². The number of aromatic nitrogens is 4. The van der Waals surface area contributed by atoms with Gasteiger partial charge in [0.15, 0.2) is 5.82 Å². The fraction of sp³-hybridized carbons (Fsp3) is 0.500. The summed E-state index contributed by atoms with van der Waals surface area (Å²) in [4.78, 5) is 17.5. The Hall–Kier alpha value is -1.78. The van der Waals surface area contributed by atoms with Crippen molar-refractivity contribution in [1.29, 1.82) is 0 Å². The third-order valence-electron chi connectivity index (χ3n) is 2.53. The number of fused-ring (bicyclic) bond motifs is 1. The lowest BCUT2D eigenvalue weighted by Gasteiger charge is -2.17. The first-order valence-corrected chi connectivity index (χ1v) is 5.58. The molecule has 0 bridgehead atoms. The van der Waals surface area contributed by atoms with Crippen LogP contribution < -0.4 is 5.73 Å². The third-order valence-corrected chi connectivity index (χ3v) is 2.53. The van der Waals surface area contributed by atoms with Crippen molar-refractivity contribution in [3.63, 3.8) is 0 Å². The Morgan fingerprint density at radius 2 is 1.53 bits per heavy atom. The molecule has 90 valence electrons. The summed E-state index contributed by atoms with van der Waals surface area (Å²) in [6.07, 6.45) is 0. The molecule has 0 spiro atoms. The van der Waals surface area contributed by atoms with Gasteiger partial charge in [0.05, 0.1) is 5.69 Å². The van der Waals surface area contributed by atoms with E-state index in [4.69, 9.17) is 5.73 Å². The van der Waals surface area contributed by atoms with Gasteiger partial charge in [0.2, 0.25) is 0 Å². The van der Waals surface area contributed by atoms with E-state index >= 15 is 0 Å². The molecule has 2 N–H and O–H groups in total. The molecule has 0 unspecified atom stereocenters. The van der Waals surface area contributed by atoms with Crippen molar-refractivity contribution in [3.05, 3.63) is 17.3 Å². The highest BCUT2D eigenvalue weighted by atomic mass is 15.0. The van der Waals surface area contributed by atoms with E-state index in [1.54, 1.807) is 0 Å². The van der Waals surface area contributed by atoms with E-state index in [2.05, 4.69) is 40.7 Å². The highest BCUT2D eigenvalue weighted by molar-refractivity contribution is 5.85. The normalized spacial score (nSPS) is 12.1. The van der Waals surface area contributed by atoms with Crippen molar-refractivity contribution in [1.82, 2.24) is 19.9 Å². The first-order valence-electron chi connectivity index (χ1n) is 5.58. The lowest BCUT2D eigenvalue weighted by molar-refractivity contribution is 0.546. The minimum absolute atomic E-state index is 0.115. The summed E-state index contributed by atoms with van der Waals surface area (Å²) in [5.74, 6) is 1.83. The zero-order valence-electron chi connectivity index (χ0n) is 10.9. The molecule has 0 amide bonds. The van der Waals surface area contributed by atoms with Crippen LogP contribution in [0, 0.1) is 13.8 Å². The van der Waals surface area contributed by atoms with E-state index in [9.17, 15) is 0 Å². The summed E-state index contributed by atoms with van der Waals surface area (Å²) < 4.78 is 0. The molecule has 0 saturated carbocycles. The predicted octanol–water partition coefficient (Wildman–Crippen LogP) is 1.92. The van der Waals surface area contributed by atoms with Crippen LogP contribution in [-0.2, 0) is 5.41 Å². The molecular weight excluding hydrogens is 214 g/mol. The monoisotopic (exact) mass is 231 g/mol. The molecule has 0 aliphatic heterocycles. The number of anilines is 1. The molecule has 2 rings (SSSR count). The van der Waals surface area contributed by atoms with Crippen molar-refractivity contribution in [2.45, 2.75) is 40.0 Å². The van der Waals surface area contributed by atoms with Gasteiger partial charge in [-0.3, -0.25) is 0 Å². The summed E-state index contributed by atoms with van der Waals surface area (Å²) in [7, 11) is 0. The van der Waals surface area contributed by atoms with Crippen LogP contribution in [0.25, 0.3) is 11.0 Å². The van der Waals surface area contributed by atoms with Gasteiger partial charge in [0.25, 0.3) is 0 Å². The summed E-state index contributed by atoms with van der Waals surface area (Å²) in [5, 5.41) is 0. The number of nitrogens with zero attached hydrogens (tertiary/aromatic N) is 4. The Morgan fingerprint density at radius 1 is 0.882 bits per heavy atom. The van der Waals surface area contributed by atoms with E-state index in [-0.39, 0.29) is 5.41 Å². The molecule has 2 heterocycles. The zero-order valence-corrected chi connectivity index (χ0v) is 10.9. The summed E-state index contributed by atoms with van der Waals surface area (Å²) >= 11 is 0. The van der Waals surface area contributed by atoms with Gasteiger partial charge in [0.1, 0.15) is 22.7 Å². The van der Waals surface area contributed by atoms with Crippen LogP contribution in [-0.4, -0.2) is 19.9 Å². The lowest BCUT2D eigenvalue weighted by atomic mass is 9.95. The van der Waals surface area contributed by atoms with Gasteiger partial charge < -0.3 is 5.73 Å². The maximum atomic E-state index is 5.90. The molecule has 5 heteroatoms. The number of aryl methyl sites for hydroxylation is 2. The molecule has 0 fully saturated rings. The maximum Gasteiger partial charge on any atom is 0.153 e. The van der Waals surface area contributed by atoms with Crippen molar-refractivity contribution in [2.24, 2.45) is 0 Å². The minimum atomic E-state index is -0.115. The van der Waals surface area contributed by atoms with Gasteiger partial charge in [-0.05, 0) is 13.8 Å². The lowest BCUT2D eigenvalue weighted by Crippen LogP contribution is -2.17. The number of nitrogens with two attached hydrogens (primary N) is 1. The highest BCUT2D eigenvalue weighted by Gasteiger charge is 2.20. The molecule has 0 saturated heterocycles. The fourth-order valence-corrected chi connectivity index (χ4v) is 1.63. The Kier molecular flexibility index (Phi) is 2.49. The molecule has 0 aliphatic rings. The Bertz CT molecular complexity index is 583. The summed E-state index contributed by atoms with van der Waals surface area (Å²) in [6, 6.07) is 0. The second-order valence-electron chi connectivity index (χ2n) is 5.24. The van der Waals surface area contributed by atoms with Crippen LogP contribution in [0.15, 0.2) is 0 Å². The van der Waals surface area contributed by atoms with E-state index < -0.39 is 0 Å². The second kappa shape index (κ2) is 3.61. The predicted molar refractivity (Wildman–Crippen MR) is 67.7 cm³/mol. The molecule has 5 nitrogen and oxygen atoms in total. The largest absolute Gasteiger partial charge is 0.382 e. The molecule has 0 radical (unpaired) electrons. The second-order valence-corrected chi connectivity index (χ2v) is 5.24. The maximum absolute atomic E-state index is 5.90. The number of hydrogen-bond donors (Lipinski definition) is 1. The molecule has 2 aromatic rings. The van der Waals surface area contributed by atoms with Crippen molar-refractivity contribution in [2.75, 3.05) is 5.73 Å². The molecular formula is C12H17N5. The highest BCUT2D eigenvalue weighted by Crippen LogP contribution is 2.24. The Labute approximate surface area is 101 Å². The van der Waals surface area contributed by atoms with Crippen LogP contribution in [0.3, 0.4) is 0 Å². The van der Waals surface area contributed by atoms with Gasteiger partial charge in [0, 0.05) is 5.41 Å². The zero-order chi connectivity index (χ0) is 12.8. The number of hydrogen-bond acceptors (Lipinski definition) is 5. The molecule has 0 aliphatic carbocycles. The summed E-state index contributed by atoms with van der Waals surface area (Å²) in [5.41, 5.74) is 8.01. The summed E-state index contributed by atoms with van der Waals surface area (Å²) in [6.45, 7) is 9.94. The fourth-order valence-electron chi connectivity index (χ4n) is 1.63. The first-order chi connectivity index (χ1) is 7.79. The van der Waals surface area contributed by atoms with Crippen molar-refractivity contribution in [3.8, 4) is 0 Å². The van der Waals surface area contributed by atoms with Crippen molar-refractivity contribution >= 4 is 16.9 Å². The Balaban J connectivity index is 2.83. The average molecular weight is 231 g/mol. The van der Waals surface area contributed by atoms with Gasteiger partial charge >= 0.3 is 0 Å². The standard InChI is InChI=1S/C12H17N5/c1-6-8-9(10(13)16-7(2)15-8)17-11(14-6)12(3,4)5/h1-5H3,(H2,13,15,16). The Morgan fingerprint density at radius 3 is 2.12 bits per heavy atom. The topological polar surface area (TPSA) is 77.6 Å². The van der Waals surface area contributed by atoms with Gasteiger partial charge in [-0.2, -0.15) is 0 Å². The number of rotatable bonds is 0. The van der Waals surface area contributed by atoms with Crippen molar-refractivity contribution < 1.29 is 0 Å². The minimum Gasteiger partial charge on any atom is -0.382 e.